The second-order valence-electron chi connectivity index (χ2n) is 7.68. The summed E-state index contributed by atoms with van der Waals surface area (Å²) in [5.41, 5.74) is 1.89. The number of nitrogens with zero attached hydrogens (tertiary/aromatic N) is 2. The maximum absolute atomic E-state index is 13.2. The van der Waals surface area contributed by atoms with Gasteiger partial charge in [0.05, 0.1) is 17.0 Å². The fourth-order valence-electron chi connectivity index (χ4n) is 3.96. The molecule has 2 aromatic rings. The molecule has 8 heteroatoms. The molecule has 2 atom stereocenters. The van der Waals surface area contributed by atoms with Crippen molar-refractivity contribution in [3.63, 3.8) is 0 Å². The molecule has 154 valence electrons. The van der Waals surface area contributed by atoms with Crippen LogP contribution in [0.25, 0.3) is 0 Å². The monoisotopic (exact) mass is 418 g/mol. The van der Waals surface area contributed by atoms with Gasteiger partial charge in [0, 0.05) is 32.4 Å². The first-order valence-electron chi connectivity index (χ1n) is 9.46. The zero-order chi connectivity index (χ0) is 20.6. The lowest BCUT2D eigenvalue weighted by molar-refractivity contribution is -0.153. The highest BCUT2D eigenvalue weighted by Gasteiger charge is 2.42. The SMILES string of the molecule is CS(=O)(=O)c1ccc(CN2CC3OCC(=O)N(Cc4ccc(F)cc4)C3C2)cc1. The van der Waals surface area contributed by atoms with Crippen molar-refractivity contribution in [3.8, 4) is 0 Å². The zero-order valence-corrected chi connectivity index (χ0v) is 16.9. The third-order valence-corrected chi connectivity index (χ3v) is 6.61. The molecule has 2 aromatic carbocycles. The van der Waals surface area contributed by atoms with Crippen molar-refractivity contribution < 1.29 is 22.3 Å². The van der Waals surface area contributed by atoms with Crippen molar-refractivity contribution in [3.05, 3.63) is 65.5 Å². The number of benzene rings is 2. The predicted octanol–water partition coefficient (Wildman–Crippen LogP) is 1.84. The molecule has 0 bridgehead atoms. The zero-order valence-electron chi connectivity index (χ0n) is 16.1. The van der Waals surface area contributed by atoms with Crippen LogP contribution in [0.15, 0.2) is 53.4 Å². The molecule has 2 aliphatic heterocycles. The number of hydrogen-bond donors (Lipinski definition) is 0. The molecule has 0 radical (unpaired) electrons. The molecular weight excluding hydrogens is 395 g/mol. The Morgan fingerprint density at radius 3 is 2.28 bits per heavy atom. The van der Waals surface area contributed by atoms with Gasteiger partial charge in [-0.1, -0.05) is 24.3 Å². The summed E-state index contributed by atoms with van der Waals surface area (Å²) in [4.78, 5) is 16.8. The van der Waals surface area contributed by atoms with Crippen LogP contribution in [0.5, 0.6) is 0 Å². The summed E-state index contributed by atoms with van der Waals surface area (Å²) >= 11 is 0. The number of fused-ring (bicyclic) bond motifs is 1. The number of hydrogen-bond acceptors (Lipinski definition) is 5. The number of likely N-dealkylation sites (tertiary alicyclic amines) is 1. The summed E-state index contributed by atoms with van der Waals surface area (Å²) in [6.45, 7) is 2.51. The lowest BCUT2D eigenvalue weighted by Gasteiger charge is -2.36. The van der Waals surface area contributed by atoms with Crippen LogP contribution in [-0.2, 0) is 32.5 Å². The molecular formula is C21H23FN2O4S. The average molecular weight is 418 g/mol. The topological polar surface area (TPSA) is 66.9 Å². The van der Waals surface area contributed by atoms with Gasteiger partial charge in [0.25, 0.3) is 0 Å². The van der Waals surface area contributed by atoms with E-state index >= 15 is 0 Å². The third kappa shape index (κ3) is 4.49. The number of halogens is 1. The fourth-order valence-corrected chi connectivity index (χ4v) is 4.59. The van der Waals surface area contributed by atoms with Crippen molar-refractivity contribution in [2.45, 2.75) is 30.1 Å². The van der Waals surface area contributed by atoms with E-state index < -0.39 is 9.84 Å². The Bertz CT molecular complexity index is 992. The molecule has 2 saturated heterocycles. The van der Waals surface area contributed by atoms with Gasteiger partial charge in [-0.25, -0.2) is 12.8 Å². The maximum atomic E-state index is 13.2. The first-order chi connectivity index (χ1) is 13.8. The van der Waals surface area contributed by atoms with Crippen molar-refractivity contribution in [1.82, 2.24) is 9.80 Å². The highest BCUT2D eigenvalue weighted by molar-refractivity contribution is 7.90. The van der Waals surface area contributed by atoms with Gasteiger partial charge in [0.2, 0.25) is 5.91 Å². The van der Waals surface area contributed by atoms with E-state index in [0.29, 0.717) is 31.1 Å². The molecule has 2 aliphatic rings. The van der Waals surface area contributed by atoms with Crippen LogP contribution in [0.4, 0.5) is 4.39 Å². The van der Waals surface area contributed by atoms with E-state index in [-0.39, 0.29) is 30.5 Å². The molecule has 0 aromatic heterocycles. The van der Waals surface area contributed by atoms with Crippen LogP contribution >= 0.6 is 0 Å². The summed E-state index contributed by atoms with van der Waals surface area (Å²) in [5.74, 6) is -0.358. The van der Waals surface area contributed by atoms with E-state index in [1.165, 1.54) is 18.4 Å². The van der Waals surface area contributed by atoms with E-state index in [2.05, 4.69) is 4.90 Å². The highest BCUT2D eigenvalue weighted by atomic mass is 32.2. The van der Waals surface area contributed by atoms with E-state index in [0.717, 1.165) is 11.1 Å². The minimum absolute atomic E-state index is 0.0548. The Hall–Kier alpha value is -2.29. The average Bonchev–Trinajstić information content (AvgIpc) is 3.08. The minimum atomic E-state index is -3.21. The number of carbonyl (C=O) groups is 1. The van der Waals surface area contributed by atoms with Crippen LogP contribution in [0.2, 0.25) is 0 Å². The number of ether oxygens (including phenoxy) is 1. The number of sulfone groups is 1. The molecule has 0 spiro atoms. The first-order valence-corrected chi connectivity index (χ1v) is 11.4. The third-order valence-electron chi connectivity index (χ3n) is 5.48. The largest absolute Gasteiger partial charge is 0.365 e. The van der Waals surface area contributed by atoms with Gasteiger partial charge in [-0.2, -0.15) is 0 Å². The molecule has 1 amide bonds. The molecule has 29 heavy (non-hydrogen) atoms. The first kappa shape index (κ1) is 20.0. The second kappa shape index (κ2) is 7.85. The number of rotatable bonds is 5. The van der Waals surface area contributed by atoms with Crippen LogP contribution in [0.3, 0.4) is 0 Å². The van der Waals surface area contributed by atoms with Crippen LogP contribution in [0, 0.1) is 5.82 Å². The lowest BCUT2D eigenvalue weighted by Crippen LogP contribution is -2.53. The molecule has 2 unspecified atom stereocenters. The molecule has 0 saturated carbocycles. The molecule has 4 rings (SSSR count). The Morgan fingerprint density at radius 2 is 1.62 bits per heavy atom. The lowest BCUT2D eigenvalue weighted by atomic mass is 10.1. The summed E-state index contributed by atoms with van der Waals surface area (Å²) in [6, 6.07) is 13.0. The number of amides is 1. The van der Waals surface area contributed by atoms with Gasteiger partial charge >= 0.3 is 0 Å². The Balaban J connectivity index is 1.44. The van der Waals surface area contributed by atoms with Gasteiger partial charge in [-0.15, -0.1) is 0 Å². The molecule has 2 fully saturated rings. The quantitative estimate of drug-likeness (QED) is 0.741. The standard InChI is InChI=1S/C21H23FN2O4S/c1-29(26,27)18-8-4-15(5-9-18)10-23-12-19-20(13-23)28-14-21(25)24(19)11-16-2-6-17(22)7-3-16/h2-9,19-20H,10-14H2,1H3. The predicted molar refractivity (Wildman–Crippen MR) is 105 cm³/mol. The summed E-state index contributed by atoms with van der Waals surface area (Å²) < 4.78 is 42.1. The minimum Gasteiger partial charge on any atom is -0.365 e. The molecule has 0 aliphatic carbocycles. The summed E-state index contributed by atoms with van der Waals surface area (Å²) in [7, 11) is -3.21. The van der Waals surface area contributed by atoms with Crippen molar-refractivity contribution in [2.75, 3.05) is 26.0 Å². The van der Waals surface area contributed by atoms with E-state index in [1.807, 2.05) is 17.0 Å². The Morgan fingerprint density at radius 1 is 1.00 bits per heavy atom. The Kier molecular flexibility index (Phi) is 5.42. The van der Waals surface area contributed by atoms with Gasteiger partial charge in [0.15, 0.2) is 9.84 Å². The Labute approximate surface area is 169 Å². The molecule has 6 nitrogen and oxygen atoms in total. The normalized spacial score (nSPS) is 22.7. The summed E-state index contributed by atoms with van der Waals surface area (Å²) in [6.07, 6.45) is 1.13. The number of carbonyl (C=O) groups excluding carboxylic acids is 1. The fraction of sp³-hybridized carbons (Fsp3) is 0.381. The van der Waals surface area contributed by atoms with Crippen LogP contribution in [-0.4, -0.2) is 62.2 Å². The van der Waals surface area contributed by atoms with Crippen molar-refractivity contribution >= 4 is 15.7 Å². The highest BCUT2D eigenvalue weighted by Crippen LogP contribution is 2.26. The number of morpholine rings is 1. The van der Waals surface area contributed by atoms with Gasteiger partial charge in [-0.05, 0) is 35.4 Å². The molecule has 2 heterocycles. The van der Waals surface area contributed by atoms with Crippen LogP contribution < -0.4 is 0 Å². The van der Waals surface area contributed by atoms with E-state index in [4.69, 9.17) is 4.74 Å². The van der Waals surface area contributed by atoms with Crippen molar-refractivity contribution in [2.24, 2.45) is 0 Å². The van der Waals surface area contributed by atoms with E-state index in [9.17, 15) is 17.6 Å². The summed E-state index contributed by atoms with van der Waals surface area (Å²) in [5, 5.41) is 0. The van der Waals surface area contributed by atoms with Gasteiger partial charge in [0.1, 0.15) is 12.4 Å². The maximum Gasteiger partial charge on any atom is 0.249 e. The van der Waals surface area contributed by atoms with Gasteiger partial charge in [-0.3, -0.25) is 9.69 Å². The van der Waals surface area contributed by atoms with Gasteiger partial charge < -0.3 is 9.64 Å². The molecule has 0 N–H and O–H groups in total. The van der Waals surface area contributed by atoms with Crippen molar-refractivity contribution in [1.29, 1.82) is 0 Å². The van der Waals surface area contributed by atoms with Crippen LogP contribution in [0.1, 0.15) is 11.1 Å². The second-order valence-corrected chi connectivity index (χ2v) is 9.69. The van der Waals surface area contributed by atoms with E-state index in [1.54, 1.807) is 24.3 Å². The smallest absolute Gasteiger partial charge is 0.249 e.